The van der Waals surface area contributed by atoms with Gasteiger partial charge in [0, 0.05) is 31.3 Å². The zero-order chi connectivity index (χ0) is 26.3. The summed E-state index contributed by atoms with van der Waals surface area (Å²) >= 11 is 1.20. The molecular formula is C24H28N10O3S. The molecule has 0 aliphatic carbocycles. The Labute approximate surface area is 222 Å². The fraction of sp³-hybridized carbons (Fsp3) is 0.375. The molecule has 1 aliphatic heterocycles. The summed E-state index contributed by atoms with van der Waals surface area (Å²) in [5, 5.41) is 24.4. The summed E-state index contributed by atoms with van der Waals surface area (Å²) in [6.45, 7) is 5.82. The van der Waals surface area contributed by atoms with Gasteiger partial charge in [-0.2, -0.15) is 15.2 Å². The van der Waals surface area contributed by atoms with E-state index in [1.165, 1.54) is 11.3 Å². The normalized spacial score (nSPS) is 14.8. The molecule has 1 atom stereocenters. The van der Waals surface area contributed by atoms with E-state index in [2.05, 4.69) is 51.5 Å². The van der Waals surface area contributed by atoms with Crippen molar-refractivity contribution in [1.82, 2.24) is 35.6 Å². The lowest BCUT2D eigenvalue weighted by atomic mass is 10.1. The van der Waals surface area contributed by atoms with Crippen LogP contribution in [0.2, 0.25) is 0 Å². The number of aryl methyl sites for hydroxylation is 1. The monoisotopic (exact) mass is 536 g/mol. The maximum atomic E-state index is 12.2. The van der Waals surface area contributed by atoms with Gasteiger partial charge >= 0.3 is 5.97 Å². The summed E-state index contributed by atoms with van der Waals surface area (Å²) in [4.78, 5) is 26.3. The number of aromatic amines is 1. The Morgan fingerprint density at radius 1 is 1.18 bits per heavy atom. The van der Waals surface area contributed by atoms with E-state index in [-0.39, 0.29) is 6.10 Å². The molecule has 0 amide bonds. The largest absolute Gasteiger partial charge is 0.462 e. The van der Waals surface area contributed by atoms with Crippen LogP contribution in [0.15, 0.2) is 30.3 Å². The van der Waals surface area contributed by atoms with E-state index >= 15 is 0 Å². The number of ether oxygens (including phenoxy) is 2. The number of nitrogens with zero attached hydrogens (tertiary/aromatic N) is 6. The number of thiazole rings is 1. The van der Waals surface area contributed by atoms with Gasteiger partial charge in [-0.05, 0) is 37.5 Å². The van der Waals surface area contributed by atoms with E-state index in [4.69, 9.17) is 9.47 Å². The van der Waals surface area contributed by atoms with Gasteiger partial charge in [-0.15, -0.1) is 10.2 Å². The average Bonchev–Trinajstić information content (AvgIpc) is 3.70. The maximum Gasteiger partial charge on any atom is 0.350 e. The molecule has 5 rings (SSSR count). The van der Waals surface area contributed by atoms with Crippen LogP contribution in [0.3, 0.4) is 0 Å². The van der Waals surface area contributed by atoms with Gasteiger partial charge in [0.1, 0.15) is 16.5 Å². The minimum Gasteiger partial charge on any atom is -0.462 e. The number of tetrazole rings is 1. The second-order valence-electron chi connectivity index (χ2n) is 8.54. The molecule has 1 aliphatic rings. The van der Waals surface area contributed by atoms with Crippen LogP contribution >= 0.6 is 11.3 Å². The number of hydrogen-bond acceptors (Lipinski definition) is 13. The van der Waals surface area contributed by atoms with E-state index in [1.807, 2.05) is 30.3 Å². The first-order valence-electron chi connectivity index (χ1n) is 12.3. The number of carbonyl (C=O) groups is 1. The van der Waals surface area contributed by atoms with Gasteiger partial charge in [-0.25, -0.2) is 9.78 Å². The number of hydrogen-bond donors (Lipinski definition) is 4. The quantitative estimate of drug-likeness (QED) is 0.206. The maximum absolute atomic E-state index is 12.2. The van der Waals surface area contributed by atoms with Crippen LogP contribution in [0.5, 0.6) is 0 Å². The summed E-state index contributed by atoms with van der Waals surface area (Å²) in [7, 11) is 0. The predicted octanol–water partition coefficient (Wildman–Crippen LogP) is 3.54. The second kappa shape index (κ2) is 11.9. The number of H-pyrrole nitrogens is 1. The van der Waals surface area contributed by atoms with Crippen molar-refractivity contribution in [2.24, 2.45) is 0 Å². The van der Waals surface area contributed by atoms with Crippen LogP contribution in [0, 0.1) is 6.92 Å². The van der Waals surface area contributed by atoms with Gasteiger partial charge in [-0.3, -0.25) is 5.32 Å². The third-order valence-corrected chi connectivity index (χ3v) is 6.82. The Morgan fingerprint density at radius 3 is 2.71 bits per heavy atom. The lowest BCUT2D eigenvalue weighted by Gasteiger charge is -2.14. The molecule has 4 aromatic rings. The van der Waals surface area contributed by atoms with Crippen molar-refractivity contribution >= 4 is 40.0 Å². The smallest absolute Gasteiger partial charge is 0.350 e. The van der Waals surface area contributed by atoms with Crippen LogP contribution in [-0.2, 0) is 16.0 Å². The molecule has 0 saturated carbocycles. The molecule has 13 nitrogen and oxygen atoms in total. The van der Waals surface area contributed by atoms with Crippen molar-refractivity contribution in [3.05, 3.63) is 46.5 Å². The van der Waals surface area contributed by atoms with E-state index in [0.29, 0.717) is 58.8 Å². The molecular weight excluding hydrogens is 508 g/mol. The number of benzene rings is 1. The molecule has 38 heavy (non-hydrogen) atoms. The molecule has 1 aromatic carbocycles. The molecule has 1 saturated heterocycles. The first kappa shape index (κ1) is 25.5. The van der Waals surface area contributed by atoms with Crippen molar-refractivity contribution in [3.63, 3.8) is 0 Å². The first-order chi connectivity index (χ1) is 18.6. The SMILES string of the molecule is CCOC(=O)c1sc(Nc2nc(NCc3ccc(-c4nn[nH]n4)cc3)cc(NCC3CCCO3)n2)nc1C. The van der Waals surface area contributed by atoms with Crippen LogP contribution in [0.1, 0.15) is 40.7 Å². The minimum atomic E-state index is -0.392. The van der Waals surface area contributed by atoms with Crippen molar-refractivity contribution in [1.29, 1.82) is 0 Å². The molecule has 4 heterocycles. The lowest BCUT2D eigenvalue weighted by Crippen LogP contribution is -2.19. The van der Waals surface area contributed by atoms with Gasteiger partial charge < -0.3 is 20.1 Å². The molecule has 3 aromatic heterocycles. The van der Waals surface area contributed by atoms with Gasteiger partial charge in [0.2, 0.25) is 11.8 Å². The van der Waals surface area contributed by atoms with Gasteiger partial charge in [0.25, 0.3) is 0 Å². The van der Waals surface area contributed by atoms with Crippen LogP contribution in [0.25, 0.3) is 11.4 Å². The van der Waals surface area contributed by atoms with Gasteiger partial charge in [-0.1, -0.05) is 35.6 Å². The van der Waals surface area contributed by atoms with Crippen molar-refractivity contribution in [3.8, 4) is 11.4 Å². The first-order valence-corrected chi connectivity index (χ1v) is 13.1. The zero-order valence-corrected chi connectivity index (χ0v) is 21.8. The van der Waals surface area contributed by atoms with E-state index in [0.717, 1.165) is 30.6 Å². The predicted molar refractivity (Wildman–Crippen MR) is 143 cm³/mol. The molecule has 0 radical (unpaired) electrons. The Balaban J connectivity index is 1.31. The number of anilines is 4. The standard InChI is InChI=1S/C24H28N10O3S/c1-3-36-22(35)20-14(2)27-24(38-20)30-23-28-18(11-19(29-23)26-13-17-5-4-10-37-17)25-12-15-6-8-16(9-7-15)21-31-33-34-32-21/h6-9,11,17H,3-5,10,12-13H2,1-2H3,(H,31,32,33,34)(H3,25,26,27,28,29,30). The van der Waals surface area contributed by atoms with Gasteiger partial charge in [0.05, 0.1) is 18.4 Å². The number of carbonyl (C=O) groups excluding carboxylic acids is 1. The highest BCUT2D eigenvalue weighted by Crippen LogP contribution is 2.27. The lowest BCUT2D eigenvalue weighted by molar-refractivity contribution is 0.0531. The highest BCUT2D eigenvalue weighted by molar-refractivity contribution is 7.17. The Morgan fingerprint density at radius 2 is 2.00 bits per heavy atom. The number of aromatic nitrogens is 7. The zero-order valence-electron chi connectivity index (χ0n) is 21.0. The molecule has 1 fully saturated rings. The summed E-state index contributed by atoms with van der Waals surface area (Å²) < 4.78 is 10.8. The van der Waals surface area contributed by atoms with Crippen LogP contribution < -0.4 is 16.0 Å². The van der Waals surface area contributed by atoms with Crippen LogP contribution in [0.4, 0.5) is 22.7 Å². The fourth-order valence-electron chi connectivity index (χ4n) is 3.89. The van der Waals surface area contributed by atoms with Crippen molar-refractivity contribution in [2.75, 3.05) is 35.7 Å². The third-order valence-electron chi connectivity index (χ3n) is 5.77. The van der Waals surface area contributed by atoms with Crippen molar-refractivity contribution in [2.45, 2.75) is 39.3 Å². The summed E-state index contributed by atoms with van der Waals surface area (Å²) in [5.41, 5.74) is 2.51. The van der Waals surface area contributed by atoms with Crippen LogP contribution in [-0.4, -0.2) is 67.4 Å². The molecule has 0 spiro atoms. The average molecular weight is 537 g/mol. The van der Waals surface area contributed by atoms with E-state index in [1.54, 1.807) is 13.8 Å². The summed E-state index contributed by atoms with van der Waals surface area (Å²) in [6, 6.07) is 9.71. The third kappa shape index (κ3) is 6.39. The number of rotatable bonds is 11. The number of nitrogens with one attached hydrogen (secondary N) is 4. The highest BCUT2D eigenvalue weighted by atomic mass is 32.1. The second-order valence-corrected chi connectivity index (χ2v) is 9.54. The molecule has 4 N–H and O–H groups in total. The van der Waals surface area contributed by atoms with Gasteiger partial charge in [0.15, 0.2) is 5.13 Å². The Kier molecular flexibility index (Phi) is 7.99. The Hall–Kier alpha value is -4.17. The Bertz CT molecular complexity index is 1350. The molecule has 198 valence electrons. The summed E-state index contributed by atoms with van der Waals surface area (Å²) in [6.07, 6.45) is 2.24. The molecule has 14 heteroatoms. The van der Waals surface area contributed by atoms with E-state index in [9.17, 15) is 4.79 Å². The summed E-state index contributed by atoms with van der Waals surface area (Å²) in [5.74, 6) is 1.77. The van der Waals surface area contributed by atoms with E-state index < -0.39 is 5.97 Å². The molecule has 1 unspecified atom stereocenters. The number of esters is 1. The highest BCUT2D eigenvalue weighted by Gasteiger charge is 2.18. The minimum absolute atomic E-state index is 0.157. The fourth-order valence-corrected chi connectivity index (χ4v) is 4.74. The molecule has 0 bridgehead atoms. The topological polar surface area (TPSA) is 165 Å². The van der Waals surface area contributed by atoms with Crippen molar-refractivity contribution < 1.29 is 14.3 Å².